The van der Waals surface area contributed by atoms with Crippen molar-refractivity contribution in [2.75, 3.05) is 46.6 Å². The molecule has 0 aliphatic rings. The molecule has 26 heavy (non-hydrogen) atoms. The second kappa shape index (κ2) is 14.7. The number of methoxy groups -OCH3 is 1. The molecule has 0 amide bonds. The summed E-state index contributed by atoms with van der Waals surface area (Å²) in [7, 11) is 1.68. The zero-order valence-corrected chi connectivity index (χ0v) is 16.9. The highest BCUT2D eigenvalue weighted by Crippen LogP contribution is 2.34. The Morgan fingerprint density at radius 3 is 2.27 bits per heavy atom. The summed E-state index contributed by atoms with van der Waals surface area (Å²) in [5.74, 6) is -2.98. The van der Waals surface area contributed by atoms with Gasteiger partial charge in [0.25, 0.3) is 0 Å². The molecule has 0 atom stereocenters. The molecule has 1 rings (SSSR count). The molecule has 0 unspecified atom stereocenters. The monoisotopic (exact) mass is 455 g/mol. The standard InChI is InChI=1S/C14H21BrClNO3.C2H2O4/c1-11-9-12(15)14(13(16)10-11)20-8-7-19-6-4-17-3-5-18-2;3-1(4)2(5)6/h9-10,17H,3-8H2,1-2H3;(H,3,4)(H,5,6). The maximum absolute atomic E-state index is 9.10. The number of rotatable bonds is 10. The van der Waals surface area contributed by atoms with Crippen LogP contribution in [0.1, 0.15) is 5.56 Å². The minimum Gasteiger partial charge on any atom is -0.488 e. The normalized spacial score (nSPS) is 10.0. The number of nitrogens with one attached hydrogen (secondary N) is 1. The lowest BCUT2D eigenvalue weighted by Crippen LogP contribution is -2.24. The van der Waals surface area contributed by atoms with Crippen molar-refractivity contribution in [3.8, 4) is 5.75 Å². The maximum Gasteiger partial charge on any atom is 0.414 e. The topological polar surface area (TPSA) is 114 Å². The Balaban J connectivity index is 0.000000896. The van der Waals surface area contributed by atoms with Crippen molar-refractivity contribution in [1.29, 1.82) is 0 Å². The van der Waals surface area contributed by atoms with Crippen molar-refractivity contribution in [2.24, 2.45) is 0 Å². The molecule has 0 fully saturated rings. The summed E-state index contributed by atoms with van der Waals surface area (Å²) < 4.78 is 16.9. The Bertz CT molecular complexity index is 537. The van der Waals surface area contributed by atoms with E-state index in [0.29, 0.717) is 37.2 Å². The number of aliphatic carboxylic acids is 2. The first-order chi connectivity index (χ1) is 12.3. The Hall–Kier alpha value is -1.39. The number of hydrogen-bond donors (Lipinski definition) is 3. The lowest BCUT2D eigenvalue weighted by Gasteiger charge is -2.11. The summed E-state index contributed by atoms with van der Waals surface area (Å²) in [6.45, 7) is 5.99. The first kappa shape index (κ1) is 24.6. The van der Waals surface area contributed by atoms with Crippen LogP contribution >= 0.6 is 27.5 Å². The quantitative estimate of drug-likeness (QED) is 0.363. The first-order valence-corrected chi connectivity index (χ1v) is 8.78. The van der Waals surface area contributed by atoms with Gasteiger partial charge in [0.1, 0.15) is 6.61 Å². The first-order valence-electron chi connectivity index (χ1n) is 7.61. The maximum atomic E-state index is 9.10. The zero-order chi connectivity index (χ0) is 19.9. The molecule has 0 aromatic heterocycles. The fourth-order valence-electron chi connectivity index (χ4n) is 1.57. The fourth-order valence-corrected chi connectivity index (χ4v) is 2.70. The van der Waals surface area contributed by atoms with Gasteiger partial charge in [0, 0.05) is 20.2 Å². The molecule has 148 valence electrons. The van der Waals surface area contributed by atoms with E-state index in [1.807, 2.05) is 19.1 Å². The molecular weight excluding hydrogens is 434 g/mol. The predicted molar refractivity (Wildman–Crippen MR) is 100 cm³/mol. The van der Waals surface area contributed by atoms with Crippen LogP contribution in [0.4, 0.5) is 0 Å². The molecule has 3 N–H and O–H groups in total. The molecule has 0 saturated heterocycles. The summed E-state index contributed by atoms with van der Waals surface area (Å²) in [4.78, 5) is 18.2. The van der Waals surface area contributed by atoms with Gasteiger partial charge in [-0.15, -0.1) is 0 Å². The van der Waals surface area contributed by atoms with E-state index in [4.69, 9.17) is 45.6 Å². The minimum atomic E-state index is -1.82. The summed E-state index contributed by atoms with van der Waals surface area (Å²) in [5, 5.41) is 18.6. The van der Waals surface area contributed by atoms with E-state index in [-0.39, 0.29) is 0 Å². The third kappa shape index (κ3) is 12.0. The average Bonchev–Trinajstić information content (AvgIpc) is 2.55. The molecule has 0 spiro atoms. The fraction of sp³-hybridized carbons (Fsp3) is 0.500. The lowest BCUT2D eigenvalue weighted by atomic mass is 10.2. The number of carboxylic acids is 2. The van der Waals surface area contributed by atoms with Crippen LogP contribution in [0, 0.1) is 6.92 Å². The molecule has 8 nitrogen and oxygen atoms in total. The van der Waals surface area contributed by atoms with E-state index in [1.54, 1.807) is 7.11 Å². The van der Waals surface area contributed by atoms with Crippen LogP contribution in [0.2, 0.25) is 5.02 Å². The van der Waals surface area contributed by atoms with E-state index in [1.165, 1.54) is 0 Å². The summed E-state index contributed by atoms with van der Waals surface area (Å²) >= 11 is 9.57. The highest BCUT2D eigenvalue weighted by molar-refractivity contribution is 9.10. The van der Waals surface area contributed by atoms with E-state index < -0.39 is 11.9 Å². The van der Waals surface area contributed by atoms with E-state index in [2.05, 4.69) is 21.2 Å². The van der Waals surface area contributed by atoms with Gasteiger partial charge in [0.15, 0.2) is 5.75 Å². The van der Waals surface area contributed by atoms with Crippen LogP contribution in [0.3, 0.4) is 0 Å². The molecule has 0 bridgehead atoms. The van der Waals surface area contributed by atoms with Crippen molar-refractivity contribution in [2.45, 2.75) is 6.92 Å². The summed E-state index contributed by atoms with van der Waals surface area (Å²) in [6.07, 6.45) is 0. The van der Waals surface area contributed by atoms with Crippen LogP contribution in [0.25, 0.3) is 0 Å². The third-order valence-electron chi connectivity index (χ3n) is 2.71. The smallest absolute Gasteiger partial charge is 0.414 e. The lowest BCUT2D eigenvalue weighted by molar-refractivity contribution is -0.159. The van der Waals surface area contributed by atoms with E-state index in [9.17, 15) is 0 Å². The van der Waals surface area contributed by atoms with Crippen LogP contribution in [0.15, 0.2) is 16.6 Å². The summed E-state index contributed by atoms with van der Waals surface area (Å²) in [5.41, 5.74) is 1.09. The van der Waals surface area contributed by atoms with Crippen molar-refractivity contribution >= 4 is 39.5 Å². The largest absolute Gasteiger partial charge is 0.488 e. The number of benzene rings is 1. The Morgan fingerprint density at radius 2 is 1.73 bits per heavy atom. The van der Waals surface area contributed by atoms with Crippen molar-refractivity contribution < 1.29 is 34.0 Å². The van der Waals surface area contributed by atoms with Crippen LogP contribution in [0.5, 0.6) is 5.75 Å². The molecule has 1 aromatic rings. The Labute approximate surface area is 165 Å². The van der Waals surface area contributed by atoms with Gasteiger partial charge in [-0.2, -0.15) is 0 Å². The number of halogens is 2. The van der Waals surface area contributed by atoms with Gasteiger partial charge >= 0.3 is 11.9 Å². The van der Waals surface area contributed by atoms with E-state index in [0.717, 1.165) is 23.1 Å². The second-order valence-electron chi connectivity index (χ2n) is 4.87. The number of carbonyl (C=O) groups is 2. The number of aryl methyl sites for hydroxylation is 1. The van der Waals surface area contributed by atoms with Gasteiger partial charge < -0.3 is 29.7 Å². The van der Waals surface area contributed by atoms with Gasteiger partial charge in [-0.1, -0.05) is 11.6 Å². The number of ether oxygens (including phenoxy) is 3. The highest BCUT2D eigenvalue weighted by atomic mass is 79.9. The minimum absolute atomic E-state index is 0.472. The zero-order valence-electron chi connectivity index (χ0n) is 14.6. The molecule has 0 saturated carbocycles. The van der Waals surface area contributed by atoms with Crippen molar-refractivity contribution in [3.63, 3.8) is 0 Å². The van der Waals surface area contributed by atoms with Crippen LogP contribution < -0.4 is 10.1 Å². The Morgan fingerprint density at radius 1 is 1.12 bits per heavy atom. The van der Waals surface area contributed by atoms with E-state index >= 15 is 0 Å². The van der Waals surface area contributed by atoms with Crippen molar-refractivity contribution in [1.82, 2.24) is 5.32 Å². The molecule has 10 heteroatoms. The van der Waals surface area contributed by atoms with Gasteiger partial charge in [-0.05, 0) is 40.5 Å². The molecule has 0 aliphatic heterocycles. The second-order valence-corrected chi connectivity index (χ2v) is 6.13. The van der Waals surface area contributed by atoms with Gasteiger partial charge in [0.05, 0.1) is 29.3 Å². The highest BCUT2D eigenvalue weighted by Gasteiger charge is 2.07. The molecular formula is C16H23BrClNO7. The molecule has 0 radical (unpaired) electrons. The Kier molecular flexibility index (Phi) is 14.0. The number of carboxylic acid groups (broad SMARTS) is 2. The predicted octanol–water partition coefficient (Wildman–Crippen LogP) is 2.20. The van der Waals surface area contributed by atoms with Crippen molar-refractivity contribution in [3.05, 3.63) is 27.2 Å². The summed E-state index contributed by atoms with van der Waals surface area (Å²) in [6, 6.07) is 3.85. The SMILES string of the molecule is COCCNCCOCCOc1c(Cl)cc(C)cc1Br.O=C(O)C(=O)O. The number of hydrogen-bond acceptors (Lipinski definition) is 6. The van der Waals surface area contributed by atoms with Gasteiger partial charge in [0.2, 0.25) is 0 Å². The molecule has 0 aliphatic carbocycles. The van der Waals surface area contributed by atoms with Gasteiger partial charge in [-0.3, -0.25) is 0 Å². The molecule has 1 aromatic carbocycles. The molecule has 0 heterocycles. The van der Waals surface area contributed by atoms with Crippen LogP contribution in [-0.2, 0) is 19.1 Å². The van der Waals surface area contributed by atoms with Crippen LogP contribution in [-0.4, -0.2) is 68.8 Å². The average molecular weight is 457 g/mol. The van der Waals surface area contributed by atoms with Gasteiger partial charge in [-0.25, -0.2) is 9.59 Å². The third-order valence-corrected chi connectivity index (χ3v) is 3.58.